The smallest absolute Gasteiger partial charge is 0.241 e. The largest absolute Gasteiger partial charge is 0.490 e. The molecular formula is C23H27N3O6S. The highest BCUT2D eigenvalue weighted by atomic mass is 32.2. The standard InChI is InChI=1S/C23H27N3O6S/c1-5-31-20-8-6-7-17-13-21(32-22(17)20)14(2)24-23(28)15(3)26-33(29,30)19-11-9-18(10-12-19)25-16(4)27/h6-15,26H,5H2,1-4H3,(H,24,28)(H,25,27)/t14?,15-/m0/s1. The van der Waals surface area contributed by atoms with E-state index in [4.69, 9.17) is 9.15 Å². The molecule has 1 aromatic heterocycles. The lowest BCUT2D eigenvalue weighted by Gasteiger charge is -2.17. The number of benzene rings is 2. The van der Waals surface area contributed by atoms with Gasteiger partial charge in [-0.1, -0.05) is 12.1 Å². The van der Waals surface area contributed by atoms with E-state index in [9.17, 15) is 18.0 Å². The van der Waals surface area contributed by atoms with Crippen LogP contribution >= 0.6 is 0 Å². The first-order chi connectivity index (χ1) is 15.6. The second-order valence-corrected chi connectivity index (χ2v) is 9.25. The number of furan rings is 1. The third kappa shape index (κ3) is 5.91. The van der Waals surface area contributed by atoms with Crippen LogP contribution in [0.15, 0.2) is 57.8 Å². The van der Waals surface area contributed by atoms with Gasteiger partial charge in [-0.15, -0.1) is 0 Å². The number of sulfonamides is 1. The second-order valence-electron chi connectivity index (χ2n) is 7.54. The monoisotopic (exact) mass is 473 g/mol. The van der Waals surface area contributed by atoms with E-state index >= 15 is 0 Å². The Bertz CT molecular complexity index is 1250. The molecule has 1 unspecified atom stereocenters. The predicted octanol–water partition coefficient (Wildman–Crippen LogP) is 3.33. The summed E-state index contributed by atoms with van der Waals surface area (Å²) in [6.07, 6.45) is 0. The highest BCUT2D eigenvalue weighted by Crippen LogP contribution is 2.31. The minimum absolute atomic E-state index is 0.0231. The van der Waals surface area contributed by atoms with Crippen molar-refractivity contribution in [1.29, 1.82) is 0 Å². The van der Waals surface area contributed by atoms with Gasteiger partial charge < -0.3 is 19.8 Å². The predicted molar refractivity (Wildman–Crippen MR) is 124 cm³/mol. The maximum atomic E-state index is 12.6. The highest BCUT2D eigenvalue weighted by molar-refractivity contribution is 7.89. The van der Waals surface area contributed by atoms with Crippen molar-refractivity contribution in [3.05, 3.63) is 54.3 Å². The van der Waals surface area contributed by atoms with Crippen molar-refractivity contribution in [3.8, 4) is 5.75 Å². The first kappa shape index (κ1) is 24.3. The van der Waals surface area contributed by atoms with Crippen molar-refractivity contribution in [2.24, 2.45) is 0 Å². The average molecular weight is 474 g/mol. The van der Waals surface area contributed by atoms with E-state index in [1.165, 1.54) is 38.1 Å². The molecule has 2 aromatic carbocycles. The molecule has 0 saturated carbocycles. The Labute approximate surface area is 192 Å². The summed E-state index contributed by atoms with van der Waals surface area (Å²) in [5.74, 6) is 0.368. The fourth-order valence-corrected chi connectivity index (χ4v) is 4.43. The molecule has 0 spiro atoms. The van der Waals surface area contributed by atoms with Gasteiger partial charge in [-0.05, 0) is 57.2 Å². The number of anilines is 1. The number of rotatable bonds is 9. The van der Waals surface area contributed by atoms with Gasteiger partial charge in [-0.25, -0.2) is 8.42 Å². The van der Waals surface area contributed by atoms with Crippen molar-refractivity contribution in [2.45, 2.75) is 44.7 Å². The van der Waals surface area contributed by atoms with Crippen LogP contribution in [0.1, 0.15) is 39.5 Å². The van der Waals surface area contributed by atoms with Gasteiger partial charge >= 0.3 is 0 Å². The number of para-hydroxylation sites is 1. The van der Waals surface area contributed by atoms with Crippen LogP contribution in [-0.2, 0) is 19.6 Å². The van der Waals surface area contributed by atoms with E-state index in [2.05, 4.69) is 15.4 Å². The quantitative estimate of drug-likeness (QED) is 0.438. The number of carbonyl (C=O) groups is 2. The molecule has 0 aliphatic heterocycles. The third-order valence-corrected chi connectivity index (χ3v) is 6.38. The SMILES string of the molecule is CCOc1cccc2cc(C(C)NC(=O)[C@H](C)NS(=O)(=O)c3ccc(NC(C)=O)cc3)oc12. The number of hydrogen-bond donors (Lipinski definition) is 3. The lowest BCUT2D eigenvalue weighted by atomic mass is 10.2. The number of amides is 2. The van der Waals surface area contributed by atoms with Gasteiger partial charge in [-0.2, -0.15) is 4.72 Å². The fraction of sp³-hybridized carbons (Fsp3) is 0.304. The van der Waals surface area contributed by atoms with Gasteiger partial charge in [-0.3, -0.25) is 9.59 Å². The maximum Gasteiger partial charge on any atom is 0.241 e. The molecule has 176 valence electrons. The van der Waals surface area contributed by atoms with Crippen molar-refractivity contribution < 1.29 is 27.2 Å². The van der Waals surface area contributed by atoms with Gasteiger partial charge in [0.2, 0.25) is 21.8 Å². The normalized spacial score (nSPS) is 13.3. The zero-order valence-electron chi connectivity index (χ0n) is 18.8. The Balaban J connectivity index is 1.66. The zero-order chi connectivity index (χ0) is 24.2. The number of carbonyl (C=O) groups excluding carboxylic acids is 2. The molecule has 2 amide bonds. The van der Waals surface area contributed by atoms with Gasteiger partial charge in [0.1, 0.15) is 5.76 Å². The van der Waals surface area contributed by atoms with Gasteiger partial charge in [0.25, 0.3) is 0 Å². The van der Waals surface area contributed by atoms with Crippen LogP contribution in [0.2, 0.25) is 0 Å². The molecule has 3 rings (SSSR count). The van der Waals surface area contributed by atoms with E-state index in [0.29, 0.717) is 29.4 Å². The molecule has 1 heterocycles. The van der Waals surface area contributed by atoms with Crippen LogP contribution in [-0.4, -0.2) is 32.9 Å². The molecular weight excluding hydrogens is 446 g/mol. The molecule has 9 nitrogen and oxygen atoms in total. The minimum Gasteiger partial charge on any atom is -0.490 e. The first-order valence-electron chi connectivity index (χ1n) is 10.5. The van der Waals surface area contributed by atoms with Crippen LogP contribution < -0.4 is 20.1 Å². The second kappa shape index (κ2) is 10.1. The van der Waals surface area contributed by atoms with E-state index in [1.807, 2.05) is 31.2 Å². The summed E-state index contributed by atoms with van der Waals surface area (Å²) in [5.41, 5.74) is 1.06. The summed E-state index contributed by atoms with van der Waals surface area (Å²) in [5, 5.41) is 6.17. The Morgan fingerprint density at radius 2 is 1.79 bits per heavy atom. The summed E-state index contributed by atoms with van der Waals surface area (Å²) in [4.78, 5) is 23.7. The number of fused-ring (bicyclic) bond motifs is 1. The summed E-state index contributed by atoms with van der Waals surface area (Å²) in [6, 6.07) is 11.5. The maximum absolute atomic E-state index is 12.6. The van der Waals surface area contributed by atoms with Gasteiger partial charge in [0.05, 0.1) is 23.6 Å². The zero-order valence-corrected chi connectivity index (χ0v) is 19.7. The van der Waals surface area contributed by atoms with Crippen molar-refractivity contribution >= 4 is 38.5 Å². The molecule has 2 atom stereocenters. The Morgan fingerprint density at radius 3 is 2.42 bits per heavy atom. The summed E-state index contributed by atoms with van der Waals surface area (Å²) < 4.78 is 39.1. The van der Waals surface area contributed by atoms with Crippen LogP contribution in [0.4, 0.5) is 5.69 Å². The number of hydrogen-bond acceptors (Lipinski definition) is 6. The molecule has 0 bridgehead atoms. The lowest BCUT2D eigenvalue weighted by molar-refractivity contribution is -0.123. The number of nitrogens with one attached hydrogen (secondary N) is 3. The van der Waals surface area contributed by atoms with E-state index in [0.717, 1.165) is 5.39 Å². The molecule has 10 heteroatoms. The van der Waals surface area contributed by atoms with Crippen LogP contribution in [0, 0.1) is 0 Å². The molecule has 3 aromatic rings. The number of ether oxygens (including phenoxy) is 1. The Kier molecular flexibility index (Phi) is 7.39. The molecule has 0 saturated heterocycles. The van der Waals surface area contributed by atoms with Crippen LogP contribution in [0.25, 0.3) is 11.0 Å². The summed E-state index contributed by atoms with van der Waals surface area (Å²) >= 11 is 0. The van der Waals surface area contributed by atoms with E-state index < -0.39 is 28.0 Å². The van der Waals surface area contributed by atoms with Crippen LogP contribution in [0.5, 0.6) is 5.75 Å². The first-order valence-corrected chi connectivity index (χ1v) is 11.9. The summed E-state index contributed by atoms with van der Waals surface area (Å²) in [7, 11) is -3.95. The Morgan fingerprint density at radius 1 is 1.09 bits per heavy atom. The summed E-state index contributed by atoms with van der Waals surface area (Å²) in [6.45, 7) is 6.94. The molecule has 0 aliphatic carbocycles. The van der Waals surface area contributed by atoms with E-state index in [-0.39, 0.29) is 10.8 Å². The molecule has 33 heavy (non-hydrogen) atoms. The minimum atomic E-state index is -3.95. The molecule has 0 radical (unpaired) electrons. The molecule has 3 N–H and O–H groups in total. The van der Waals surface area contributed by atoms with E-state index in [1.54, 1.807) is 6.92 Å². The van der Waals surface area contributed by atoms with Crippen molar-refractivity contribution in [3.63, 3.8) is 0 Å². The van der Waals surface area contributed by atoms with Crippen LogP contribution in [0.3, 0.4) is 0 Å². The third-order valence-electron chi connectivity index (χ3n) is 4.82. The van der Waals surface area contributed by atoms with Crippen molar-refractivity contribution in [2.75, 3.05) is 11.9 Å². The Hall–Kier alpha value is -3.37. The van der Waals surface area contributed by atoms with Crippen molar-refractivity contribution in [1.82, 2.24) is 10.0 Å². The highest BCUT2D eigenvalue weighted by Gasteiger charge is 2.24. The molecule has 0 aliphatic rings. The fourth-order valence-electron chi connectivity index (χ4n) is 3.22. The van der Waals surface area contributed by atoms with Gasteiger partial charge in [0, 0.05) is 18.0 Å². The lowest BCUT2D eigenvalue weighted by Crippen LogP contribution is -2.45. The van der Waals surface area contributed by atoms with Gasteiger partial charge in [0.15, 0.2) is 11.3 Å². The average Bonchev–Trinajstić information content (AvgIpc) is 3.19. The topological polar surface area (TPSA) is 127 Å². The molecule has 0 fully saturated rings.